The Hall–Kier alpha value is -1.24. The smallest absolute Gasteiger partial charge is 0.237 e. The molecule has 1 aliphatic carbocycles. The zero-order valence-electron chi connectivity index (χ0n) is 13.4. The van der Waals surface area contributed by atoms with Crippen molar-refractivity contribution in [1.82, 2.24) is 14.8 Å². The molecule has 128 valence electrons. The van der Waals surface area contributed by atoms with Crippen molar-refractivity contribution in [3.63, 3.8) is 0 Å². The van der Waals surface area contributed by atoms with Gasteiger partial charge in [0.15, 0.2) is 5.16 Å². The number of halogens is 2. The molecule has 5 nitrogen and oxygen atoms in total. The number of nitrogens with one attached hydrogen (secondary N) is 1. The maximum absolute atomic E-state index is 12.5. The van der Waals surface area contributed by atoms with Crippen LogP contribution >= 0.6 is 35.0 Å². The van der Waals surface area contributed by atoms with E-state index in [1.54, 1.807) is 18.2 Å². The van der Waals surface area contributed by atoms with E-state index in [1.165, 1.54) is 24.6 Å². The number of rotatable bonds is 6. The zero-order valence-corrected chi connectivity index (χ0v) is 15.8. The molecular formula is C16H18Cl2N4OS. The summed E-state index contributed by atoms with van der Waals surface area (Å²) >= 11 is 13.6. The van der Waals surface area contributed by atoms with Crippen LogP contribution < -0.4 is 5.32 Å². The molecule has 0 spiro atoms. The molecule has 3 rings (SSSR count). The van der Waals surface area contributed by atoms with Gasteiger partial charge in [-0.15, -0.1) is 10.2 Å². The van der Waals surface area contributed by atoms with Crippen LogP contribution in [-0.2, 0) is 11.3 Å². The van der Waals surface area contributed by atoms with Crippen LogP contribution in [0.3, 0.4) is 0 Å². The summed E-state index contributed by atoms with van der Waals surface area (Å²) in [4.78, 5) is 12.5. The van der Waals surface area contributed by atoms with Gasteiger partial charge in [0.25, 0.3) is 0 Å². The van der Waals surface area contributed by atoms with Crippen LogP contribution in [-0.4, -0.2) is 25.9 Å². The topological polar surface area (TPSA) is 59.8 Å². The highest BCUT2D eigenvalue weighted by molar-refractivity contribution is 8.00. The third-order valence-corrected chi connectivity index (χ3v) is 5.58. The number of benzene rings is 1. The van der Waals surface area contributed by atoms with Gasteiger partial charge in [0.2, 0.25) is 5.91 Å². The van der Waals surface area contributed by atoms with Gasteiger partial charge in [-0.2, -0.15) is 0 Å². The highest BCUT2D eigenvalue weighted by atomic mass is 35.5. The molecule has 1 heterocycles. The highest BCUT2D eigenvalue weighted by Gasteiger charge is 2.30. The van der Waals surface area contributed by atoms with Gasteiger partial charge in [-0.25, -0.2) is 0 Å². The second-order valence-electron chi connectivity index (χ2n) is 5.71. The summed E-state index contributed by atoms with van der Waals surface area (Å²) in [6.07, 6.45) is 2.34. The molecule has 0 aliphatic heterocycles. The van der Waals surface area contributed by atoms with E-state index in [1.807, 2.05) is 6.92 Å². The maximum Gasteiger partial charge on any atom is 0.237 e. The fourth-order valence-corrected chi connectivity index (χ4v) is 3.79. The zero-order chi connectivity index (χ0) is 17.3. The minimum Gasteiger partial charge on any atom is -0.323 e. The number of carbonyl (C=O) groups excluding carboxylic acids is 1. The Morgan fingerprint density at radius 3 is 2.62 bits per heavy atom. The summed E-state index contributed by atoms with van der Waals surface area (Å²) in [6, 6.07) is 5.12. The van der Waals surface area contributed by atoms with E-state index in [0.717, 1.165) is 17.5 Å². The molecule has 0 unspecified atom stereocenters. The molecular weight excluding hydrogens is 367 g/mol. The van der Waals surface area contributed by atoms with Crippen molar-refractivity contribution in [2.24, 2.45) is 0 Å². The molecule has 0 radical (unpaired) electrons. The monoisotopic (exact) mass is 384 g/mol. The average Bonchev–Trinajstić information content (AvgIpc) is 3.32. The van der Waals surface area contributed by atoms with Crippen LogP contribution in [0.1, 0.15) is 38.4 Å². The first-order valence-corrected chi connectivity index (χ1v) is 9.49. The predicted molar refractivity (Wildman–Crippen MR) is 98.1 cm³/mol. The number of amides is 1. The predicted octanol–water partition coefficient (Wildman–Crippen LogP) is 4.60. The SMILES string of the molecule is CCn1c(S[C@H](C)C(=O)Nc2c(Cl)cccc2Cl)nnc1C1CC1. The molecule has 1 aromatic carbocycles. The van der Waals surface area contributed by atoms with E-state index in [0.29, 0.717) is 21.7 Å². The van der Waals surface area contributed by atoms with Crippen LogP contribution in [0.25, 0.3) is 0 Å². The lowest BCUT2D eigenvalue weighted by Crippen LogP contribution is -2.23. The molecule has 1 aromatic heterocycles. The van der Waals surface area contributed by atoms with Gasteiger partial charge >= 0.3 is 0 Å². The van der Waals surface area contributed by atoms with E-state index < -0.39 is 0 Å². The van der Waals surface area contributed by atoms with Crippen LogP contribution in [0.15, 0.2) is 23.4 Å². The first-order chi connectivity index (χ1) is 11.5. The quantitative estimate of drug-likeness (QED) is 0.739. The Labute approximate surface area is 155 Å². The van der Waals surface area contributed by atoms with Crippen molar-refractivity contribution < 1.29 is 4.79 Å². The molecule has 8 heteroatoms. The Bertz CT molecular complexity index is 740. The standard InChI is InChI=1S/C16H18Cl2N4OS/c1-3-22-14(10-7-8-10)20-21-16(22)24-9(2)15(23)19-13-11(17)5-4-6-12(13)18/h4-6,9-10H,3,7-8H2,1-2H3,(H,19,23)/t9-/m1/s1. The van der Waals surface area contributed by atoms with Crippen LogP contribution in [0.2, 0.25) is 10.0 Å². The van der Waals surface area contributed by atoms with Crippen molar-refractivity contribution in [2.75, 3.05) is 5.32 Å². The van der Waals surface area contributed by atoms with E-state index in [2.05, 4.69) is 27.0 Å². The Morgan fingerprint density at radius 1 is 1.38 bits per heavy atom. The van der Waals surface area contributed by atoms with E-state index in [4.69, 9.17) is 23.2 Å². The van der Waals surface area contributed by atoms with Gasteiger partial charge in [-0.05, 0) is 38.8 Å². The fraction of sp³-hybridized carbons (Fsp3) is 0.438. The summed E-state index contributed by atoms with van der Waals surface area (Å²) in [5.41, 5.74) is 0.439. The van der Waals surface area contributed by atoms with Gasteiger partial charge in [0.05, 0.1) is 21.0 Å². The molecule has 1 atom stereocenters. The minimum atomic E-state index is -0.348. The Morgan fingerprint density at radius 2 is 2.04 bits per heavy atom. The number of hydrogen-bond acceptors (Lipinski definition) is 4. The second kappa shape index (κ2) is 7.33. The Balaban J connectivity index is 1.70. The van der Waals surface area contributed by atoms with Crippen LogP contribution in [0.5, 0.6) is 0 Å². The number of carbonyl (C=O) groups is 1. The van der Waals surface area contributed by atoms with E-state index in [-0.39, 0.29) is 11.2 Å². The molecule has 1 saturated carbocycles. The average molecular weight is 385 g/mol. The lowest BCUT2D eigenvalue weighted by atomic mass is 10.3. The lowest BCUT2D eigenvalue weighted by molar-refractivity contribution is -0.115. The second-order valence-corrected chi connectivity index (χ2v) is 7.83. The largest absolute Gasteiger partial charge is 0.323 e. The van der Waals surface area contributed by atoms with Crippen LogP contribution in [0, 0.1) is 0 Å². The Kier molecular flexibility index (Phi) is 5.37. The summed E-state index contributed by atoms with van der Waals surface area (Å²) in [5.74, 6) is 1.38. The first kappa shape index (κ1) is 17.6. The molecule has 1 amide bonds. The number of para-hydroxylation sites is 1. The van der Waals surface area contributed by atoms with E-state index >= 15 is 0 Å². The molecule has 2 aromatic rings. The minimum absolute atomic E-state index is 0.173. The van der Waals surface area contributed by atoms with Crippen molar-refractivity contribution >= 4 is 46.6 Å². The number of nitrogens with zero attached hydrogens (tertiary/aromatic N) is 3. The van der Waals surface area contributed by atoms with Gasteiger partial charge in [0, 0.05) is 12.5 Å². The molecule has 1 N–H and O–H groups in total. The third kappa shape index (κ3) is 3.71. The number of anilines is 1. The number of thioether (sulfide) groups is 1. The summed E-state index contributed by atoms with van der Waals surface area (Å²) in [5, 5.41) is 12.6. The van der Waals surface area contributed by atoms with Gasteiger partial charge < -0.3 is 9.88 Å². The lowest BCUT2D eigenvalue weighted by Gasteiger charge is -2.14. The molecule has 24 heavy (non-hydrogen) atoms. The van der Waals surface area contributed by atoms with Crippen molar-refractivity contribution in [3.05, 3.63) is 34.1 Å². The fourth-order valence-electron chi connectivity index (χ4n) is 2.38. The molecule has 0 bridgehead atoms. The highest BCUT2D eigenvalue weighted by Crippen LogP contribution is 2.40. The maximum atomic E-state index is 12.5. The number of aromatic nitrogens is 3. The molecule has 0 saturated heterocycles. The molecule has 1 fully saturated rings. The van der Waals surface area contributed by atoms with Gasteiger partial charge in [-0.1, -0.05) is 41.0 Å². The number of hydrogen-bond donors (Lipinski definition) is 1. The summed E-state index contributed by atoms with van der Waals surface area (Å²) in [7, 11) is 0. The normalized spacial score (nSPS) is 15.3. The summed E-state index contributed by atoms with van der Waals surface area (Å²) in [6.45, 7) is 4.69. The van der Waals surface area contributed by atoms with Crippen molar-refractivity contribution in [1.29, 1.82) is 0 Å². The van der Waals surface area contributed by atoms with Crippen molar-refractivity contribution in [3.8, 4) is 0 Å². The van der Waals surface area contributed by atoms with Gasteiger partial charge in [-0.3, -0.25) is 4.79 Å². The van der Waals surface area contributed by atoms with Crippen LogP contribution in [0.4, 0.5) is 5.69 Å². The van der Waals surface area contributed by atoms with Crippen molar-refractivity contribution in [2.45, 2.75) is 49.6 Å². The van der Waals surface area contributed by atoms with E-state index in [9.17, 15) is 4.79 Å². The van der Waals surface area contributed by atoms with Gasteiger partial charge in [0.1, 0.15) is 5.82 Å². The first-order valence-electron chi connectivity index (χ1n) is 7.85. The third-order valence-electron chi connectivity index (χ3n) is 3.87. The summed E-state index contributed by atoms with van der Waals surface area (Å²) < 4.78 is 2.09. The molecule has 1 aliphatic rings.